The first-order valence-electron chi connectivity index (χ1n) is 5.53. The minimum atomic E-state index is 0.819. The van der Waals surface area contributed by atoms with E-state index < -0.39 is 0 Å². The zero-order valence-corrected chi connectivity index (χ0v) is 11.4. The second kappa shape index (κ2) is 4.37. The fourth-order valence-electron chi connectivity index (χ4n) is 1.55. The fraction of sp³-hybridized carbons (Fsp3) is 0.308. The molecule has 0 saturated heterocycles. The summed E-state index contributed by atoms with van der Waals surface area (Å²) in [5.74, 6) is 0. The van der Waals surface area contributed by atoms with Gasteiger partial charge < -0.3 is 10.6 Å². The molecule has 0 aliphatic carbocycles. The Balaban J connectivity index is 2.36. The first-order chi connectivity index (χ1) is 7.99. The van der Waals surface area contributed by atoms with Gasteiger partial charge in [0.15, 0.2) is 5.13 Å². The topological polar surface area (TPSA) is 42.2 Å². The number of benzene rings is 1. The molecule has 2 aromatic rings. The van der Waals surface area contributed by atoms with Crippen LogP contribution in [0.5, 0.6) is 0 Å². The third-order valence-corrected chi connectivity index (χ3v) is 4.10. The minimum absolute atomic E-state index is 0.819. The quantitative estimate of drug-likeness (QED) is 0.827. The van der Waals surface area contributed by atoms with Crippen molar-refractivity contribution in [3.8, 4) is 0 Å². The van der Waals surface area contributed by atoms with Gasteiger partial charge in [0.1, 0.15) is 0 Å². The van der Waals surface area contributed by atoms with Crippen molar-refractivity contribution in [1.29, 1.82) is 0 Å². The van der Waals surface area contributed by atoms with Gasteiger partial charge in [-0.25, -0.2) is 4.98 Å². The van der Waals surface area contributed by atoms with E-state index in [2.05, 4.69) is 22.9 Å². The number of nitrogens with two attached hydrogens (primary N) is 1. The van der Waals surface area contributed by atoms with Gasteiger partial charge in [-0.3, -0.25) is 0 Å². The summed E-state index contributed by atoms with van der Waals surface area (Å²) in [6.45, 7) is 6.14. The molecule has 90 valence electrons. The predicted octanol–water partition coefficient (Wildman–Crippen LogP) is 3.42. The Morgan fingerprint density at radius 1 is 1.24 bits per heavy atom. The summed E-state index contributed by atoms with van der Waals surface area (Å²) < 4.78 is 0. The molecule has 3 nitrogen and oxygen atoms in total. The van der Waals surface area contributed by atoms with Gasteiger partial charge in [-0.15, -0.1) is 11.3 Å². The maximum absolute atomic E-state index is 5.93. The molecular formula is C13H17N3S. The monoisotopic (exact) mass is 247 g/mol. The number of aryl methyl sites for hydroxylation is 3. The van der Waals surface area contributed by atoms with E-state index >= 15 is 0 Å². The van der Waals surface area contributed by atoms with Crippen molar-refractivity contribution in [2.24, 2.45) is 0 Å². The van der Waals surface area contributed by atoms with Gasteiger partial charge in [-0.2, -0.15) is 0 Å². The smallest absolute Gasteiger partial charge is 0.190 e. The highest BCUT2D eigenvalue weighted by molar-refractivity contribution is 7.15. The highest BCUT2D eigenvalue weighted by Crippen LogP contribution is 2.31. The van der Waals surface area contributed by atoms with Gasteiger partial charge in [-0.05, 0) is 38.5 Å². The molecule has 0 amide bonds. The maximum atomic E-state index is 5.93. The SMILES string of the molecule is Cc1ccc(N(C)c2nc(C)c(C)s2)cc1N. The van der Waals surface area contributed by atoms with Crippen LogP contribution in [0.1, 0.15) is 16.1 Å². The van der Waals surface area contributed by atoms with Gasteiger partial charge in [0, 0.05) is 23.3 Å². The summed E-state index contributed by atoms with van der Waals surface area (Å²) in [7, 11) is 2.02. The lowest BCUT2D eigenvalue weighted by molar-refractivity contribution is 1.13. The van der Waals surface area contributed by atoms with Crippen LogP contribution in [-0.2, 0) is 0 Å². The predicted molar refractivity (Wildman–Crippen MR) is 75.2 cm³/mol. The van der Waals surface area contributed by atoms with Crippen LogP contribution in [0, 0.1) is 20.8 Å². The summed E-state index contributed by atoms with van der Waals surface area (Å²) in [5, 5.41) is 1.00. The molecule has 0 bridgehead atoms. The van der Waals surface area contributed by atoms with Crippen molar-refractivity contribution >= 4 is 27.8 Å². The van der Waals surface area contributed by atoms with Crippen LogP contribution in [0.15, 0.2) is 18.2 Å². The molecule has 0 saturated carbocycles. The Bertz CT molecular complexity index is 526. The summed E-state index contributed by atoms with van der Waals surface area (Å²) in [6.07, 6.45) is 0. The number of thiazole rings is 1. The average Bonchev–Trinajstić information content (AvgIpc) is 2.62. The lowest BCUT2D eigenvalue weighted by Gasteiger charge is -2.16. The van der Waals surface area contributed by atoms with Gasteiger partial charge in [-0.1, -0.05) is 6.07 Å². The summed E-state index contributed by atoms with van der Waals surface area (Å²) in [6, 6.07) is 6.09. The summed E-state index contributed by atoms with van der Waals surface area (Å²) in [5.41, 5.74) is 10.0. The van der Waals surface area contributed by atoms with Crippen molar-refractivity contribution in [2.75, 3.05) is 17.7 Å². The first kappa shape index (κ1) is 11.9. The van der Waals surface area contributed by atoms with Gasteiger partial charge in [0.25, 0.3) is 0 Å². The Morgan fingerprint density at radius 2 is 1.94 bits per heavy atom. The molecule has 0 atom stereocenters. The van der Waals surface area contributed by atoms with E-state index in [9.17, 15) is 0 Å². The largest absolute Gasteiger partial charge is 0.398 e. The second-order valence-electron chi connectivity index (χ2n) is 4.24. The van der Waals surface area contributed by atoms with E-state index in [0.717, 1.165) is 27.8 Å². The van der Waals surface area contributed by atoms with Gasteiger partial charge in [0.05, 0.1) is 5.69 Å². The Morgan fingerprint density at radius 3 is 2.47 bits per heavy atom. The molecule has 2 rings (SSSR count). The average molecular weight is 247 g/mol. The number of rotatable bonds is 2. The number of hydrogen-bond donors (Lipinski definition) is 1. The molecule has 4 heteroatoms. The number of nitrogens with zero attached hydrogens (tertiary/aromatic N) is 2. The molecule has 0 spiro atoms. The van der Waals surface area contributed by atoms with Crippen LogP contribution in [0.3, 0.4) is 0 Å². The van der Waals surface area contributed by atoms with Crippen molar-refractivity contribution < 1.29 is 0 Å². The van der Waals surface area contributed by atoms with E-state index in [0.29, 0.717) is 0 Å². The number of aromatic nitrogens is 1. The molecule has 1 heterocycles. The normalized spacial score (nSPS) is 10.6. The minimum Gasteiger partial charge on any atom is -0.398 e. The fourth-order valence-corrected chi connectivity index (χ4v) is 2.44. The highest BCUT2D eigenvalue weighted by atomic mass is 32.1. The maximum Gasteiger partial charge on any atom is 0.190 e. The van der Waals surface area contributed by atoms with Crippen molar-refractivity contribution in [2.45, 2.75) is 20.8 Å². The van der Waals surface area contributed by atoms with Crippen molar-refractivity contribution in [1.82, 2.24) is 4.98 Å². The highest BCUT2D eigenvalue weighted by Gasteiger charge is 2.10. The van der Waals surface area contributed by atoms with Gasteiger partial charge in [0.2, 0.25) is 0 Å². The molecule has 0 fully saturated rings. The zero-order chi connectivity index (χ0) is 12.6. The van der Waals surface area contributed by atoms with E-state index in [1.165, 1.54) is 4.88 Å². The van der Waals surface area contributed by atoms with Crippen LogP contribution in [0.2, 0.25) is 0 Å². The Hall–Kier alpha value is -1.55. The third kappa shape index (κ3) is 2.26. The molecule has 1 aromatic heterocycles. The van der Waals surface area contributed by atoms with E-state index in [4.69, 9.17) is 5.73 Å². The van der Waals surface area contributed by atoms with Crippen LogP contribution < -0.4 is 10.6 Å². The van der Waals surface area contributed by atoms with E-state index in [1.54, 1.807) is 11.3 Å². The first-order valence-corrected chi connectivity index (χ1v) is 6.34. The zero-order valence-electron chi connectivity index (χ0n) is 10.6. The molecular weight excluding hydrogens is 230 g/mol. The molecule has 1 aromatic carbocycles. The summed E-state index contributed by atoms with van der Waals surface area (Å²) >= 11 is 1.70. The number of hydrogen-bond acceptors (Lipinski definition) is 4. The van der Waals surface area contributed by atoms with Gasteiger partial charge >= 0.3 is 0 Å². The second-order valence-corrected chi connectivity index (χ2v) is 5.42. The Kier molecular flexibility index (Phi) is 3.07. The third-order valence-electron chi connectivity index (χ3n) is 2.95. The van der Waals surface area contributed by atoms with Crippen molar-refractivity contribution in [3.63, 3.8) is 0 Å². The van der Waals surface area contributed by atoms with E-state index in [-0.39, 0.29) is 0 Å². The molecule has 0 radical (unpaired) electrons. The van der Waals surface area contributed by atoms with Crippen LogP contribution in [0.25, 0.3) is 0 Å². The lowest BCUT2D eigenvalue weighted by Crippen LogP contribution is -2.09. The van der Waals surface area contributed by atoms with Crippen LogP contribution >= 0.6 is 11.3 Å². The van der Waals surface area contributed by atoms with E-state index in [1.807, 2.05) is 33.0 Å². The molecule has 0 aliphatic rings. The molecule has 0 aliphatic heterocycles. The lowest BCUT2D eigenvalue weighted by atomic mass is 10.2. The standard InChI is InChI=1S/C13H17N3S/c1-8-5-6-11(7-12(8)14)16(4)13-15-9(2)10(3)17-13/h5-7H,14H2,1-4H3. The molecule has 17 heavy (non-hydrogen) atoms. The molecule has 2 N–H and O–H groups in total. The number of nitrogen functional groups attached to an aromatic ring is 1. The van der Waals surface area contributed by atoms with Crippen LogP contribution in [-0.4, -0.2) is 12.0 Å². The Labute approximate surface area is 106 Å². The number of anilines is 3. The van der Waals surface area contributed by atoms with Crippen LogP contribution in [0.4, 0.5) is 16.5 Å². The summed E-state index contributed by atoms with van der Waals surface area (Å²) in [4.78, 5) is 7.87. The van der Waals surface area contributed by atoms with Crippen molar-refractivity contribution in [3.05, 3.63) is 34.3 Å². The molecule has 0 unspecified atom stereocenters.